The zero-order valence-electron chi connectivity index (χ0n) is 11.0. The van der Waals surface area contributed by atoms with E-state index in [1.54, 1.807) is 38.1 Å². The monoisotopic (exact) mass is 280 g/mol. The molecule has 1 N–H and O–H groups in total. The molecule has 0 aromatic heterocycles. The molecule has 6 heteroatoms. The van der Waals surface area contributed by atoms with Crippen LogP contribution in [0.15, 0.2) is 24.3 Å². The summed E-state index contributed by atoms with van der Waals surface area (Å²) in [5.41, 5.74) is 1.37. The van der Waals surface area contributed by atoms with Gasteiger partial charge in [0.2, 0.25) is 0 Å². The van der Waals surface area contributed by atoms with Crippen LogP contribution in [0.1, 0.15) is 29.8 Å². The van der Waals surface area contributed by atoms with Gasteiger partial charge >= 0.3 is 6.03 Å². The number of hydrogen-bond acceptors (Lipinski definition) is 3. The van der Waals surface area contributed by atoms with Crippen molar-refractivity contribution in [1.82, 2.24) is 10.2 Å². The van der Waals surface area contributed by atoms with Gasteiger partial charge in [-0.1, -0.05) is 30.3 Å². The first-order valence-corrected chi connectivity index (χ1v) is 6.21. The van der Waals surface area contributed by atoms with E-state index >= 15 is 0 Å². The molecule has 0 aliphatic rings. The zero-order valence-corrected chi connectivity index (χ0v) is 11.9. The van der Waals surface area contributed by atoms with Gasteiger partial charge in [0.15, 0.2) is 0 Å². The minimum Gasteiger partial charge on any atom is -0.273 e. The summed E-state index contributed by atoms with van der Waals surface area (Å²) in [6.45, 7) is 5.21. The maximum absolute atomic E-state index is 11.8. The van der Waals surface area contributed by atoms with E-state index in [-0.39, 0.29) is 6.04 Å². The maximum atomic E-state index is 11.8. The van der Waals surface area contributed by atoms with Gasteiger partial charge in [0.1, 0.15) is 0 Å². The van der Waals surface area contributed by atoms with Crippen molar-refractivity contribution in [3.8, 4) is 0 Å². The van der Waals surface area contributed by atoms with Gasteiger partial charge in [-0.15, -0.1) is 0 Å². The van der Waals surface area contributed by atoms with E-state index in [1.807, 2.05) is 6.92 Å². The summed E-state index contributed by atoms with van der Waals surface area (Å²) in [7, 11) is 0. The van der Waals surface area contributed by atoms with Gasteiger partial charge in [-0.05, 0) is 32.9 Å². The molecule has 0 unspecified atom stereocenters. The van der Waals surface area contributed by atoms with Crippen molar-refractivity contribution in [2.45, 2.75) is 26.8 Å². The summed E-state index contributed by atoms with van der Waals surface area (Å²) in [5.74, 6) is -0.551. The van der Waals surface area contributed by atoms with Crippen LogP contribution in [0.5, 0.6) is 0 Å². The van der Waals surface area contributed by atoms with E-state index in [0.29, 0.717) is 5.56 Å². The van der Waals surface area contributed by atoms with Crippen molar-refractivity contribution in [2.24, 2.45) is 0 Å². The van der Waals surface area contributed by atoms with Crippen molar-refractivity contribution >= 4 is 29.8 Å². The SMILES string of the molecule is Cc1ccc(C(=O)NC(=O)N(C(=O)S)C(C)C)cc1. The summed E-state index contributed by atoms with van der Waals surface area (Å²) < 4.78 is 0. The fraction of sp³-hybridized carbons (Fsp3) is 0.308. The Bertz CT molecular complexity index is 497. The van der Waals surface area contributed by atoms with Crippen LogP contribution >= 0.6 is 12.6 Å². The molecule has 0 bridgehead atoms. The lowest BCUT2D eigenvalue weighted by Crippen LogP contribution is -2.47. The molecule has 0 aliphatic carbocycles. The second kappa shape index (κ2) is 6.38. The van der Waals surface area contributed by atoms with E-state index < -0.39 is 17.2 Å². The largest absolute Gasteiger partial charge is 0.331 e. The number of hydrogen-bond donors (Lipinski definition) is 2. The Morgan fingerprint density at radius 3 is 2.11 bits per heavy atom. The minimum atomic E-state index is -0.777. The van der Waals surface area contributed by atoms with Gasteiger partial charge < -0.3 is 0 Å². The number of benzene rings is 1. The zero-order chi connectivity index (χ0) is 14.6. The highest BCUT2D eigenvalue weighted by molar-refractivity contribution is 7.96. The van der Waals surface area contributed by atoms with Gasteiger partial charge in [0.05, 0.1) is 0 Å². The van der Waals surface area contributed by atoms with Gasteiger partial charge in [-0.25, -0.2) is 4.79 Å². The Labute approximate surface area is 117 Å². The Kier molecular flexibility index (Phi) is 5.11. The molecule has 1 aromatic rings. The number of thiol groups is 1. The smallest absolute Gasteiger partial charge is 0.273 e. The number of imide groups is 2. The Balaban J connectivity index is 2.78. The van der Waals surface area contributed by atoms with Crippen LogP contribution in [0, 0.1) is 6.92 Å². The summed E-state index contributed by atoms with van der Waals surface area (Å²) in [6, 6.07) is 5.60. The molecule has 0 saturated carbocycles. The van der Waals surface area contributed by atoms with Crippen LogP contribution in [0.2, 0.25) is 0 Å². The second-order valence-corrected chi connectivity index (χ2v) is 4.75. The van der Waals surface area contributed by atoms with E-state index in [0.717, 1.165) is 10.5 Å². The fourth-order valence-corrected chi connectivity index (χ4v) is 1.80. The fourth-order valence-electron chi connectivity index (χ4n) is 1.48. The molecule has 0 radical (unpaired) electrons. The summed E-state index contributed by atoms with van der Waals surface area (Å²) in [6.07, 6.45) is 0. The van der Waals surface area contributed by atoms with Crippen molar-refractivity contribution < 1.29 is 14.4 Å². The second-order valence-electron chi connectivity index (χ2n) is 4.37. The predicted octanol–water partition coefficient (Wildman–Crippen LogP) is 2.61. The highest BCUT2D eigenvalue weighted by Gasteiger charge is 2.23. The Hall–Kier alpha value is -1.82. The molecule has 0 saturated heterocycles. The lowest BCUT2D eigenvalue weighted by atomic mass is 10.1. The van der Waals surface area contributed by atoms with Gasteiger partial charge in [-0.3, -0.25) is 19.8 Å². The Morgan fingerprint density at radius 1 is 1.16 bits per heavy atom. The third kappa shape index (κ3) is 4.10. The number of rotatable bonds is 2. The topological polar surface area (TPSA) is 66.5 Å². The van der Waals surface area contributed by atoms with Crippen LogP contribution in [0.4, 0.5) is 9.59 Å². The summed E-state index contributed by atoms with van der Waals surface area (Å²) in [5, 5.41) is 1.45. The average molecular weight is 280 g/mol. The minimum absolute atomic E-state index is 0.356. The van der Waals surface area contributed by atoms with E-state index in [2.05, 4.69) is 17.9 Å². The molecule has 4 amide bonds. The molecule has 0 heterocycles. The molecule has 0 spiro atoms. The lowest BCUT2D eigenvalue weighted by Gasteiger charge is -2.22. The van der Waals surface area contributed by atoms with Crippen molar-refractivity contribution in [3.05, 3.63) is 35.4 Å². The van der Waals surface area contributed by atoms with Crippen LogP contribution in [-0.4, -0.2) is 28.1 Å². The normalized spacial score (nSPS) is 10.2. The van der Waals surface area contributed by atoms with Gasteiger partial charge in [0.25, 0.3) is 11.1 Å². The first kappa shape index (κ1) is 15.2. The average Bonchev–Trinajstić information content (AvgIpc) is 2.28. The molecule has 1 aromatic carbocycles. The maximum Gasteiger partial charge on any atom is 0.331 e. The number of carbonyl (C=O) groups excluding carboxylic acids is 3. The number of amides is 4. The number of aryl methyl sites for hydroxylation is 1. The first-order valence-electron chi connectivity index (χ1n) is 5.77. The molecule has 0 atom stereocenters. The molecule has 102 valence electrons. The van der Waals surface area contributed by atoms with Crippen LogP contribution < -0.4 is 5.32 Å². The van der Waals surface area contributed by atoms with Crippen molar-refractivity contribution in [3.63, 3.8) is 0 Å². The van der Waals surface area contributed by atoms with Crippen LogP contribution in [-0.2, 0) is 0 Å². The molecule has 1 rings (SSSR count). The highest BCUT2D eigenvalue weighted by Crippen LogP contribution is 2.06. The van der Waals surface area contributed by atoms with Crippen LogP contribution in [0.25, 0.3) is 0 Å². The van der Waals surface area contributed by atoms with E-state index in [4.69, 9.17) is 0 Å². The third-order valence-corrected chi connectivity index (χ3v) is 2.69. The Morgan fingerprint density at radius 2 is 1.68 bits per heavy atom. The molecule has 0 aliphatic heterocycles. The number of urea groups is 1. The van der Waals surface area contributed by atoms with Gasteiger partial charge in [0, 0.05) is 11.6 Å². The summed E-state index contributed by atoms with van der Waals surface area (Å²) in [4.78, 5) is 35.7. The molecule has 5 nitrogen and oxygen atoms in total. The number of carbonyl (C=O) groups is 3. The molecular weight excluding hydrogens is 264 g/mol. The lowest BCUT2D eigenvalue weighted by molar-refractivity contribution is 0.0954. The van der Waals surface area contributed by atoms with Crippen molar-refractivity contribution in [2.75, 3.05) is 0 Å². The van der Waals surface area contributed by atoms with E-state index in [9.17, 15) is 14.4 Å². The third-order valence-electron chi connectivity index (χ3n) is 2.48. The standard InChI is InChI=1S/C13H16N2O3S/c1-8(2)15(13(18)19)12(17)14-11(16)10-6-4-9(3)5-7-10/h4-8H,1-3H3,(H,18,19)(H,14,16,17). The number of nitrogens with zero attached hydrogens (tertiary/aromatic N) is 1. The predicted molar refractivity (Wildman–Crippen MR) is 75.4 cm³/mol. The molecular formula is C13H16N2O3S. The van der Waals surface area contributed by atoms with Crippen molar-refractivity contribution in [1.29, 1.82) is 0 Å². The summed E-state index contributed by atoms with van der Waals surface area (Å²) >= 11 is 3.61. The highest BCUT2D eigenvalue weighted by atomic mass is 32.1. The first-order chi connectivity index (χ1) is 8.82. The number of nitrogens with one attached hydrogen (secondary N) is 1. The quantitative estimate of drug-likeness (QED) is 0.818. The molecule has 0 fully saturated rings. The molecule has 19 heavy (non-hydrogen) atoms. The van der Waals surface area contributed by atoms with E-state index in [1.165, 1.54) is 0 Å². The van der Waals surface area contributed by atoms with Gasteiger partial charge in [-0.2, -0.15) is 0 Å². The van der Waals surface area contributed by atoms with Crippen LogP contribution in [0.3, 0.4) is 0 Å².